The van der Waals surface area contributed by atoms with Gasteiger partial charge < -0.3 is 0 Å². The van der Waals surface area contributed by atoms with Crippen LogP contribution in [0.15, 0.2) is 72.0 Å². The summed E-state index contributed by atoms with van der Waals surface area (Å²) < 4.78 is 1.22. The lowest BCUT2D eigenvalue weighted by molar-refractivity contribution is 0.101. The molecular weight excluding hydrogens is 419 g/mol. The highest BCUT2D eigenvalue weighted by atomic mass is 35.5. The number of para-hydroxylation sites is 1. The van der Waals surface area contributed by atoms with Gasteiger partial charge in [-0.1, -0.05) is 60.1 Å². The Hall–Kier alpha value is -3.21. The van der Waals surface area contributed by atoms with Gasteiger partial charge in [0.05, 0.1) is 21.1 Å². The SMILES string of the molecule is C=Cc1cc(C(C)=O)cc(-c2nn(-c3c(Cl)cccc3Cl)c(=O)c3ccccc23)c1. The molecule has 0 fully saturated rings. The first-order valence-corrected chi connectivity index (χ1v) is 9.91. The number of ketones is 1. The van der Waals surface area contributed by atoms with Crippen LogP contribution in [0, 0.1) is 0 Å². The molecule has 1 aromatic heterocycles. The first-order chi connectivity index (χ1) is 14.4. The molecular formula is C24H16Cl2N2O2. The Kier molecular flexibility index (Phi) is 5.29. The van der Waals surface area contributed by atoms with Gasteiger partial charge in [-0.05, 0) is 48.9 Å². The van der Waals surface area contributed by atoms with Crippen molar-refractivity contribution in [3.05, 3.63) is 98.8 Å². The minimum Gasteiger partial charge on any atom is -0.295 e. The molecule has 4 rings (SSSR count). The van der Waals surface area contributed by atoms with Gasteiger partial charge in [-0.2, -0.15) is 9.78 Å². The Labute approximate surface area is 183 Å². The van der Waals surface area contributed by atoms with Gasteiger partial charge in [-0.15, -0.1) is 0 Å². The third-order valence-electron chi connectivity index (χ3n) is 4.83. The zero-order chi connectivity index (χ0) is 21.4. The van der Waals surface area contributed by atoms with Crippen LogP contribution in [0.1, 0.15) is 22.8 Å². The highest BCUT2D eigenvalue weighted by Gasteiger charge is 2.18. The molecule has 3 aromatic carbocycles. The molecule has 30 heavy (non-hydrogen) atoms. The number of Topliss-reactive ketones (excluding diaryl/α,β-unsaturated/α-hetero) is 1. The summed E-state index contributed by atoms with van der Waals surface area (Å²) >= 11 is 12.7. The molecule has 1 heterocycles. The van der Waals surface area contributed by atoms with E-state index in [1.807, 2.05) is 18.2 Å². The average molecular weight is 435 g/mol. The molecule has 0 saturated heterocycles. The predicted octanol–water partition coefficient (Wildman–Crippen LogP) is 6.21. The second-order valence-electron chi connectivity index (χ2n) is 6.79. The fraction of sp³-hybridized carbons (Fsp3) is 0.0417. The van der Waals surface area contributed by atoms with Crippen molar-refractivity contribution in [1.82, 2.24) is 9.78 Å². The Balaban J connectivity index is 2.13. The molecule has 0 saturated carbocycles. The zero-order valence-electron chi connectivity index (χ0n) is 16.0. The van der Waals surface area contributed by atoms with Crippen LogP contribution in [0.2, 0.25) is 10.0 Å². The van der Waals surface area contributed by atoms with E-state index < -0.39 is 0 Å². The lowest BCUT2D eigenvalue weighted by Gasteiger charge is -2.14. The van der Waals surface area contributed by atoms with Crippen LogP contribution in [0.3, 0.4) is 0 Å². The van der Waals surface area contributed by atoms with Crippen molar-refractivity contribution in [2.24, 2.45) is 0 Å². The summed E-state index contributed by atoms with van der Waals surface area (Å²) in [7, 11) is 0. The van der Waals surface area contributed by atoms with E-state index in [1.54, 1.807) is 48.5 Å². The number of rotatable bonds is 4. The van der Waals surface area contributed by atoms with Crippen molar-refractivity contribution in [3.8, 4) is 16.9 Å². The van der Waals surface area contributed by atoms with E-state index in [1.165, 1.54) is 11.6 Å². The van der Waals surface area contributed by atoms with E-state index in [2.05, 4.69) is 11.7 Å². The molecule has 0 aliphatic carbocycles. The lowest BCUT2D eigenvalue weighted by atomic mass is 9.98. The highest BCUT2D eigenvalue weighted by Crippen LogP contribution is 2.31. The van der Waals surface area contributed by atoms with Crippen LogP contribution in [-0.2, 0) is 0 Å². The molecule has 0 N–H and O–H groups in total. The van der Waals surface area contributed by atoms with E-state index in [-0.39, 0.29) is 11.3 Å². The van der Waals surface area contributed by atoms with Gasteiger partial charge in [0.1, 0.15) is 5.69 Å². The first kappa shape index (κ1) is 20.1. The Morgan fingerprint density at radius 3 is 2.30 bits per heavy atom. The highest BCUT2D eigenvalue weighted by molar-refractivity contribution is 6.37. The second-order valence-corrected chi connectivity index (χ2v) is 7.60. The monoisotopic (exact) mass is 434 g/mol. The van der Waals surface area contributed by atoms with E-state index in [9.17, 15) is 9.59 Å². The minimum absolute atomic E-state index is 0.0771. The summed E-state index contributed by atoms with van der Waals surface area (Å²) in [6.07, 6.45) is 1.67. The molecule has 4 aromatic rings. The number of carbonyl (C=O) groups is 1. The van der Waals surface area contributed by atoms with Crippen LogP contribution in [0.4, 0.5) is 0 Å². The number of carbonyl (C=O) groups excluding carboxylic acids is 1. The van der Waals surface area contributed by atoms with E-state index in [0.717, 1.165) is 5.56 Å². The zero-order valence-corrected chi connectivity index (χ0v) is 17.5. The standard InChI is InChI=1S/C24H16Cl2N2O2/c1-3-15-11-16(14(2)29)13-17(12-15)22-18-7-4-5-8-19(18)24(30)28(27-22)23-20(25)9-6-10-21(23)26/h3-13H,1H2,2H3. The molecule has 0 unspecified atom stereocenters. The van der Waals surface area contributed by atoms with Crippen LogP contribution < -0.4 is 5.56 Å². The van der Waals surface area contributed by atoms with Crippen molar-refractivity contribution < 1.29 is 4.79 Å². The summed E-state index contributed by atoms with van der Waals surface area (Å²) in [5, 5.41) is 6.37. The van der Waals surface area contributed by atoms with Crippen molar-refractivity contribution in [2.75, 3.05) is 0 Å². The largest absolute Gasteiger partial charge is 0.295 e. The maximum Gasteiger partial charge on any atom is 0.279 e. The average Bonchev–Trinajstić information content (AvgIpc) is 2.74. The van der Waals surface area contributed by atoms with Crippen molar-refractivity contribution in [3.63, 3.8) is 0 Å². The first-order valence-electron chi connectivity index (χ1n) is 9.16. The van der Waals surface area contributed by atoms with Crippen LogP contribution in [0.25, 0.3) is 33.8 Å². The molecule has 0 atom stereocenters. The summed E-state index contributed by atoms with van der Waals surface area (Å²) in [6, 6.07) is 17.6. The van der Waals surface area contributed by atoms with Gasteiger partial charge in [-0.25, -0.2) is 0 Å². The second kappa shape index (κ2) is 7.90. The number of aromatic nitrogens is 2. The fourth-order valence-electron chi connectivity index (χ4n) is 3.36. The third kappa shape index (κ3) is 3.45. The molecule has 4 nitrogen and oxygen atoms in total. The summed E-state index contributed by atoms with van der Waals surface area (Å²) in [5.74, 6) is -0.0771. The van der Waals surface area contributed by atoms with Crippen LogP contribution in [-0.4, -0.2) is 15.6 Å². The Morgan fingerprint density at radius 2 is 1.67 bits per heavy atom. The summed E-state index contributed by atoms with van der Waals surface area (Å²) in [4.78, 5) is 25.3. The number of benzene rings is 3. The van der Waals surface area contributed by atoms with Gasteiger partial charge in [0.25, 0.3) is 5.56 Å². The minimum atomic E-state index is -0.337. The molecule has 0 aliphatic rings. The number of hydrogen-bond acceptors (Lipinski definition) is 3. The normalized spacial score (nSPS) is 10.9. The lowest BCUT2D eigenvalue weighted by Crippen LogP contribution is -2.23. The van der Waals surface area contributed by atoms with Gasteiger partial charge >= 0.3 is 0 Å². The van der Waals surface area contributed by atoms with Gasteiger partial charge in [0.15, 0.2) is 5.78 Å². The molecule has 148 valence electrons. The quantitative estimate of drug-likeness (QED) is 0.359. The van der Waals surface area contributed by atoms with E-state index in [0.29, 0.717) is 43.3 Å². The topological polar surface area (TPSA) is 52.0 Å². The molecule has 0 bridgehead atoms. The van der Waals surface area contributed by atoms with Crippen molar-refractivity contribution in [2.45, 2.75) is 6.92 Å². The summed E-state index contributed by atoms with van der Waals surface area (Å²) in [5.41, 5.74) is 2.50. The van der Waals surface area contributed by atoms with Crippen LogP contribution in [0.5, 0.6) is 0 Å². The van der Waals surface area contributed by atoms with Crippen LogP contribution >= 0.6 is 23.2 Å². The number of fused-ring (bicyclic) bond motifs is 1. The van der Waals surface area contributed by atoms with E-state index >= 15 is 0 Å². The number of hydrogen-bond donors (Lipinski definition) is 0. The van der Waals surface area contributed by atoms with Gasteiger partial charge in [0, 0.05) is 16.5 Å². The Morgan fingerprint density at radius 1 is 1.00 bits per heavy atom. The maximum absolute atomic E-state index is 13.2. The molecule has 0 amide bonds. The molecule has 6 heteroatoms. The third-order valence-corrected chi connectivity index (χ3v) is 5.44. The summed E-state index contributed by atoms with van der Waals surface area (Å²) in [6.45, 7) is 5.31. The van der Waals surface area contributed by atoms with Crippen molar-refractivity contribution in [1.29, 1.82) is 0 Å². The molecule has 0 radical (unpaired) electrons. The number of halogens is 2. The maximum atomic E-state index is 13.2. The molecule has 0 aliphatic heterocycles. The number of nitrogens with zero attached hydrogens (tertiary/aromatic N) is 2. The van der Waals surface area contributed by atoms with Gasteiger partial charge in [0.2, 0.25) is 0 Å². The fourth-order valence-corrected chi connectivity index (χ4v) is 3.91. The smallest absolute Gasteiger partial charge is 0.279 e. The Bertz CT molecular complexity index is 1370. The van der Waals surface area contributed by atoms with Crippen molar-refractivity contribution >= 4 is 45.8 Å². The van der Waals surface area contributed by atoms with E-state index in [4.69, 9.17) is 23.2 Å². The predicted molar refractivity (Wildman–Crippen MR) is 123 cm³/mol. The molecule has 0 spiro atoms. The van der Waals surface area contributed by atoms with Gasteiger partial charge in [-0.3, -0.25) is 9.59 Å².